The predicted molar refractivity (Wildman–Crippen MR) is 64.9 cm³/mol. The van der Waals surface area contributed by atoms with Gasteiger partial charge in [-0.1, -0.05) is 0 Å². The molecule has 0 aliphatic rings. The molecule has 2 aromatic heterocycles. The normalized spacial score (nSPS) is 12.4. The molecule has 0 aliphatic heterocycles. The van der Waals surface area contributed by atoms with Gasteiger partial charge in [0.1, 0.15) is 0 Å². The maximum absolute atomic E-state index is 14.2. The lowest BCUT2D eigenvalue weighted by molar-refractivity contribution is 0.364. The monoisotopic (exact) mass is 250 g/mol. The molecule has 0 saturated heterocycles. The van der Waals surface area contributed by atoms with Gasteiger partial charge in [0.05, 0.1) is 31.4 Å². The number of hydrogen-bond donors (Lipinski definition) is 1. The Morgan fingerprint density at radius 3 is 2.83 bits per heavy atom. The molecule has 0 saturated carbocycles. The van der Waals surface area contributed by atoms with E-state index in [-0.39, 0.29) is 11.9 Å². The summed E-state index contributed by atoms with van der Waals surface area (Å²) in [5, 5.41) is 3.07. The number of hydrogen-bond acceptors (Lipinski definition) is 4. The number of nitrogens with zero attached hydrogens (tertiary/aromatic N) is 3. The number of aryl methyl sites for hydroxylation is 1. The first kappa shape index (κ1) is 12.5. The molecule has 2 rings (SSSR count). The zero-order chi connectivity index (χ0) is 13.1. The fourth-order valence-corrected chi connectivity index (χ4v) is 1.91. The maximum atomic E-state index is 14.2. The largest absolute Gasteiger partial charge is 0.479 e. The number of aromatic nitrogens is 3. The van der Waals surface area contributed by atoms with Crippen molar-refractivity contribution < 1.29 is 9.13 Å². The van der Waals surface area contributed by atoms with Crippen LogP contribution in [0.5, 0.6) is 5.88 Å². The Morgan fingerprint density at radius 2 is 2.28 bits per heavy atom. The van der Waals surface area contributed by atoms with Gasteiger partial charge >= 0.3 is 0 Å². The number of halogens is 1. The zero-order valence-electron chi connectivity index (χ0n) is 10.5. The molecule has 0 radical (unpaired) electrons. The molecule has 18 heavy (non-hydrogen) atoms. The van der Waals surface area contributed by atoms with Crippen molar-refractivity contribution in [3.05, 3.63) is 41.9 Å². The maximum Gasteiger partial charge on any atom is 0.250 e. The second-order valence-electron chi connectivity index (χ2n) is 3.87. The van der Waals surface area contributed by atoms with Crippen molar-refractivity contribution in [2.75, 3.05) is 14.2 Å². The Balaban J connectivity index is 2.49. The van der Waals surface area contributed by atoms with Crippen LogP contribution < -0.4 is 10.1 Å². The zero-order valence-corrected chi connectivity index (χ0v) is 10.5. The van der Waals surface area contributed by atoms with E-state index in [1.54, 1.807) is 25.6 Å². The molecule has 2 heterocycles. The number of imidazole rings is 1. The first-order valence-corrected chi connectivity index (χ1v) is 5.51. The van der Waals surface area contributed by atoms with Gasteiger partial charge in [0.25, 0.3) is 0 Å². The van der Waals surface area contributed by atoms with Crippen molar-refractivity contribution in [2.24, 2.45) is 7.05 Å². The molecule has 1 atom stereocenters. The fourth-order valence-electron chi connectivity index (χ4n) is 1.91. The number of ether oxygens (including phenoxy) is 1. The van der Waals surface area contributed by atoms with Crippen LogP contribution >= 0.6 is 0 Å². The lowest BCUT2D eigenvalue weighted by Gasteiger charge is -2.18. The molecule has 2 aromatic rings. The van der Waals surface area contributed by atoms with Crippen molar-refractivity contribution in [3.63, 3.8) is 0 Å². The number of pyridine rings is 1. The van der Waals surface area contributed by atoms with E-state index in [1.165, 1.54) is 13.3 Å². The van der Waals surface area contributed by atoms with Gasteiger partial charge in [0, 0.05) is 18.8 Å². The van der Waals surface area contributed by atoms with E-state index in [0.717, 1.165) is 5.69 Å². The summed E-state index contributed by atoms with van der Waals surface area (Å²) in [4.78, 5) is 7.87. The highest BCUT2D eigenvalue weighted by molar-refractivity contribution is 5.31. The Hall–Kier alpha value is -1.95. The lowest BCUT2D eigenvalue weighted by Crippen LogP contribution is -2.21. The molecule has 96 valence electrons. The molecule has 0 bridgehead atoms. The van der Waals surface area contributed by atoms with Crippen molar-refractivity contribution in [3.8, 4) is 5.88 Å². The summed E-state index contributed by atoms with van der Waals surface area (Å²) >= 11 is 0. The second kappa shape index (κ2) is 5.14. The van der Waals surface area contributed by atoms with Gasteiger partial charge in [-0.05, 0) is 13.1 Å². The molecular formula is C12H15FN4O. The van der Waals surface area contributed by atoms with Crippen LogP contribution in [0.4, 0.5) is 4.39 Å². The molecular weight excluding hydrogens is 235 g/mol. The molecule has 0 fully saturated rings. The van der Waals surface area contributed by atoms with E-state index in [0.29, 0.717) is 5.56 Å². The Labute approximate surface area is 105 Å². The first-order chi connectivity index (χ1) is 8.69. The van der Waals surface area contributed by atoms with Gasteiger partial charge in [0.15, 0.2) is 5.82 Å². The van der Waals surface area contributed by atoms with Crippen LogP contribution in [0.15, 0.2) is 24.8 Å². The van der Waals surface area contributed by atoms with Crippen LogP contribution in [0.25, 0.3) is 0 Å². The molecule has 1 unspecified atom stereocenters. The summed E-state index contributed by atoms with van der Waals surface area (Å²) < 4.78 is 20.9. The summed E-state index contributed by atoms with van der Waals surface area (Å²) in [5.41, 5.74) is 1.35. The van der Waals surface area contributed by atoms with Gasteiger partial charge in [-0.3, -0.25) is 0 Å². The molecule has 0 aromatic carbocycles. The van der Waals surface area contributed by atoms with Crippen molar-refractivity contribution >= 4 is 0 Å². The summed E-state index contributed by atoms with van der Waals surface area (Å²) in [6, 6.07) is 1.33. The van der Waals surface area contributed by atoms with E-state index < -0.39 is 5.82 Å². The lowest BCUT2D eigenvalue weighted by atomic mass is 10.1. The van der Waals surface area contributed by atoms with Crippen LogP contribution in [0, 0.1) is 5.82 Å². The molecule has 6 heteroatoms. The molecule has 0 spiro atoms. The average Bonchev–Trinajstić information content (AvgIpc) is 2.79. The number of methoxy groups -OCH3 is 1. The third-order valence-electron chi connectivity index (χ3n) is 2.83. The highest BCUT2D eigenvalue weighted by Gasteiger charge is 2.21. The molecule has 5 nitrogen and oxygen atoms in total. The van der Waals surface area contributed by atoms with E-state index >= 15 is 0 Å². The summed E-state index contributed by atoms with van der Waals surface area (Å²) in [5.74, 6) is -0.463. The minimum absolute atomic E-state index is 0.00471. The number of rotatable bonds is 4. The summed E-state index contributed by atoms with van der Waals surface area (Å²) in [6.07, 6.45) is 4.90. The quantitative estimate of drug-likeness (QED) is 0.888. The van der Waals surface area contributed by atoms with Gasteiger partial charge in [-0.2, -0.15) is 0 Å². The van der Waals surface area contributed by atoms with E-state index in [4.69, 9.17) is 4.74 Å². The third kappa shape index (κ3) is 2.06. The summed E-state index contributed by atoms with van der Waals surface area (Å²) in [7, 11) is 5.03. The highest BCUT2D eigenvalue weighted by atomic mass is 19.1. The van der Waals surface area contributed by atoms with Gasteiger partial charge in [-0.25, -0.2) is 14.4 Å². The van der Waals surface area contributed by atoms with Crippen LogP contribution in [-0.2, 0) is 7.05 Å². The van der Waals surface area contributed by atoms with Gasteiger partial charge in [-0.15, -0.1) is 0 Å². The Kier molecular flexibility index (Phi) is 3.57. The smallest absolute Gasteiger partial charge is 0.250 e. The number of nitrogens with one attached hydrogen (secondary N) is 1. The van der Waals surface area contributed by atoms with E-state index in [2.05, 4.69) is 15.3 Å². The topological polar surface area (TPSA) is 52.0 Å². The van der Waals surface area contributed by atoms with Crippen LogP contribution in [0.1, 0.15) is 17.3 Å². The minimum atomic E-state index is -0.458. The predicted octanol–water partition coefficient (Wildman–Crippen LogP) is 1.27. The second-order valence-corrected chi connectivity index (χ2v) is 3.87. The van der Waals surface area contributed by atoms with E-state index in [9.17, 15) is 4.39 Å². The minimum Gasteiger partial charge on any atom is -0.479 e. The van der Waals surface area contributed by atoms with Gasteiger partial charge in [0.2, 0.25) is 5.88 Å². The van der Waals surface area contributed by atoms with Crippen LogP contribution in [0.3, 0.4) is 0 Å². The molecule has 0 aliphatic carbocycles. The van der Waals surface area contributed by atoms with Gasteiger partial charge < -0.3 is 14.6 Å². The van der Waals surface area contributed by atoms with Crippen molar-refractivity contribution in [1.82, 2.24) is 19.9 Å². The SMILES string of the molecule is CNC(c1ccnc(OC)c1F)c1cncn1C. The van der Waals surface area contributed by atoms with Crippen LogP contribution in [-0.4, -0.2) is 28.7 Å². The average molecular weight is 250 g/mol. The molecule has 0 amide bonds. The van der Waals surface area contributed by atoms with E-state index in [1.807, 2.05) is 11.6 Å². The Morgan fingerprint density at radius 1 is 1.50 bits per heavy atom. The fraction of sp³-hybridized carbons (Fsp3) is 0.333. The standard InChI is InChI=1S/C12H15FN4O/c1-14-11(9-6-15-7-17(9)2)8-4-5-16-12(18-3)10(8)13/h4-7,11,14H,1-3H3. The van der Waals surface area contributed by atoms with Crippen molar-refractivity contribution in [2.45, 2.75) is 6.04 Å². The van der Waals surface area contributed by atoms with Crippen LogP contribution in [0.2, 0.25) is 0 Å². The van der Waals surface area contributed by atoms with Crippen molar-refractivity contribution in [1.29, 1.82) is 0 Å². The Bertz CT molecular complexity index is 541. The third-order valence-corrected chi connectivity index (χ3v) is 2.83. The molecule has 1 N–H and O–H groups in total. The highest BCUT2D eigenvalue weighted by Crippen LogP contribution is 2.27. The first-order valence-electron chi connectivity index (χ1n) is 5.51. The summed E-state index contributed by atoms with van der Waals surface area (Å²) in [6.45, 7) is 0.